The molecule has 1 spiro atoms. The van der Waals surface area contributed by atoms with Gasteiger partial charge in [-0.2, -0.15) is 0 Å². The van der Waals surface area contributed by atoms with Gasteiger partial charge in [0.2, 0.25) is 0 Å². The summed E-state index contributed by atoms with van der Waals surface area (Å²) >= 11 is 0. The molecule has 3 aliphatic rings. The van der Waals surface area contributed by atoms with Crippen molar-refractivity contribution in [2.75, 3.05) is 13.1 Å². The third-order valence-corrected chi connectivity index (χ3v) is 3.83. The molecule has 3 fully saturated rings. The van der Waals surface area contributed by atoms with Crippen molar-refractivity contribution in [2.24, 2.45) is 17.3 Å². The molecule has 0 aromatic heterocycles. The van der Waals surface area contributed by atoms with Gasteiger partial charge in [-0.15, -0.1) is 0 Å². The summed E-state index contributed by atoms with van der Waals surface area (Å²) in [7, 11) is 0. The van der Waals surface area contributed by atoms with Crippen molar-refractivity contribution in [3.63, 3.8) is 0 Å². The largest absolute Gasteiger partial charge is 0.316 e. The maximum Gasteiger partial charge on any atom is -0.00171 e. The Labute approximate surface area is 62.2 Å². The summed E-state index contributed by atoms with van der Waals surface area (Å²) in [6.45, 7) is 2.65. The van der Waals surface area contributed by atoms with Crippen LogP contribution in [0.15, 0.2) is 0 Å². The standard InChI is InChI=1S/C9H15N/c1-2-9(1)3-7-5-10-6-8(7)4-9/h7-8,10H,1-6H2/t7-,8+. The Kier molecular flexibility index (Phi) is 0.883. The molecule has 1 heterocycles. The van der Waals surface area contributed by atoms with Crippen molar-refractivity contribution in [2.45, 2.75) is 25.7 Å². The summed E-state index contributed by atoms with van der Waals surface area (Å²) < 4.78 is 0. The van der Waals surface area contributed by atoms with Crippen LogP contribution in [-0.4, -0.2) is 13.1 Å². The molecule has 0 aromatic carbocycles. The Hall–Kier alpha value is -0.0400. The lowest BCUT2D eigenvalue weighted by Crippen LogP contribution is -2.12. The first kappa shape index (κ1) is 5.59. The second-order valence-electron chi connectivity index (χ2n) is 4.59. The van der Waals surface area contributed by atoms with Gasteiger partial charge in [0.15, 0.2) is 0 Å². The molecule has 2 aliphatic carbocycles. The fourth-order valence-corrected chi connectivity index (χ4v) is 3.05. The molecule has 1 nitrogen and oxygen atoms in total. The van der Waals surface area contributed by atoms with Gasteiger partial charge in [0, 0.05) is 0 Å². The van der Waals surface area contributed by atoms with Crippen molar-refractivity contribution in [3.8, 4) is 0 Å². The van der Waals surface area contributed by atoms with E-state index in [1.165, 1.54) is 13.1 Å². The highest BCUT2D eigenvalue weighted by Crippen LogP contribution is 2.62. The summed E-state index contributed by atoms with van der Waals surface area (Å²) in [6.07, 6.45) is 6.23. The van der Waals surface area contributed by atoms with Crippen LogP contribution >= 0.6 is 0 Å². The van der Waals surface area contributed by atoms with E-state index < -0.39 is 0 Å². The zero-order valence-electron chi connectivity index (χ0n) is 6.40. The highest BCUT2D eigenvalue weighted by atomic mass is 14.9. The van der Waals surface area contributed by atoms with E-state index in [-0.39, 0.29) is 0 Å². The maximum atomic E-state index is 3.49. The molecule has 1 heteroatoms. The summed E-state index contributed by atoms with van der Waals surface area (Å²) in [5.74, 6) is 2.14. The monoisotopic (exact) mass is 137 g/mol. The molecule has 0 amide bonds. The first-order valence-electron chi connectivity index (χ1n) is 4.59. The van der Waals surface area contributed by atoms with E-state index in [1.807, 2.05) is 0 Å². The van der Waals surface area contributed by atoms with E-state index in [1.54, 1.807) is 25.7 Å². The van der Waals surface area contributed by atoms with Gasteiger partial charge in [0.05, 0.1) is 0 Å². The quantitative estimate of drug-likeness (QED) is 0.532. The van der Waals surface area contributed by atoms with E-state index in [0.717, 1.165) is 17.3 Å². The molecular formula is C9H15N. The average molecular weight is 137 g/mol. The van der Waals surface area contributed by atoms with Gasteiger partial charge in [-0.3, -0.25) is 0 Å². The minimum absolute atomic E-state index is 0.900. The highest BCUT2D eigenvalue weighted by molar-refractivity contribution is 5.05. The van der Waals surface area contributed by atoms with Crippen LogP contribution in [0.2, 0.25) is 0 Å². The van der Waals surface area contributed by atoms with Gasteiger partial charge in [-0.25, -0.2) is 0 Å². The minimum Gasteiger partial charge on any atom is -0.316 e. The van der Waals surface area contributed by atoms with E-state index in [2.05, 4.69) is 5.32 Å². The number of nitrogens with one attached hydrogen (secondary N) is 1. The number of fused-ring (bicyclic) bond motifs is 1. The van der Waals surface area contributed by atoms with Crippen molar-refractivity contribution in [1.29, 1.82) is 0 Å². The molecule has 0 unspecified atom stereocenters. The Balaban J connectivity index is 1.82. The normalized spacial score (nSPS) is 48.0. The molecular weight excluding hydrogens is 122 g/mol. The smallest absolute Gasteiger partial charge is 0.00171 e. The molecule has 2 atom stereocenters. The Morgan fingerprint density at radius 3 is 2.10 bits per heavy atom. The molecule has 1 saturated heterocycles. The first-order valence-corrected chi connectivity index (χ1v) is 4.59. The van der Waals surface area contributed by atoms with E-state index in [4.69, 9.17) is 0 Å². The van der Waals surface area contributed by atoms with E-state index in [0.29, 0.717) is 0 Å². The average Bonchev–Trinajstić information content (AvgIpc) is 2.28. The number of hydrogen-bond acceptors (Lipinski definition) is 1. The van der Waals surface area contributed by atoms with Crippen molar-refractivity contribution in [3.05, 3.63) is 0 Å². The predicted octanol–water partition coefficient (Wildman–Crippen LogP) is 1.40. The van der Waals surface area contributed by atoms with Crippen LogP contribution in [0.5, 0.6) is 0 Å². The summed E-state index contributed by atoms with van der Waals surface area (Å²) in [5.41, 5.74) is 0.900. The lowest BCUT2D eigenvalue weighted by Gasteiger charge is -2.05. The van der Waals surface area contributed by atoms with Crippen molar-refractivity contribution >= 4 is 0 Å². The van der Waals surface area contributed by atoms with Crippen LogP contribution in [0.4, 0.5) is 0 Å². The minimum atomic E-state index is 0.900. The van der Waals surface area contributed by atoms with Gasteiger partial charge in [0.1, 0.15) is 0 Å². The third-order valence-electron chi connectivity index (χ3n) is 3.83. The van der Waals surface area contributed by atoms with Gasteiger partial charge < -0.3 is 5.32 Å². The molecule has 1 aliphatic heterocycles. The molecule has 0 aromatic rings. The second-order valence-corrected chi connectivity index (χ2v) is 4.59. The van der Waals surface area contributed by atoms with Crippen molar-refractivity contribution in [1.82, 2.24) is 5.32 Å². The summed E-state index contributed by atoms with van der Waals surface area (Å²) in [4.78, 5) is 0. The van der Waals surface area contributed by atoms with Gasteiger partial charge in [-0.05, 0) is 56.0 Å². The first-order chi connectivity index (χ1) is 4.88. The highest BCUT2D eigenvalue weighted by Gasteiger charge is 2.53. The molecule has 1 N–H and O–H groups in total. The SMILES string of the molecule is C1NC[C@H]2CC3(CC3)C[C@@H]12. The molecule has 0 bridgehead atoms. The predicted molar refractivity (Wildman–Crippen MR) is 40.8 cm³/mol. The van der Waals surface area contributed by atoms with Gasteiger partial charge >= 0.3 is 0 Å². The molecule has 56 valence electrons. The topological polar surface area (TPSA) is 12.0 Å². The second kappa shape index (κ2) is 1.58. The van der Waals surface area contributed by atoms with Crippen LogP contribution in [-0.2, 0) is 0 Å². The van der Waals surface area contributed by atoms with Gasteiger partial charge in [0.25, 0.3) is 0 Å². The van der Waals surface area contributed by atoms with Crippen LogP contribution in [0.1, 0.15) is 25.7 Å². The van der Waals surface area contributed by atoms with Crippen LogP contribution < -0.4 is 5.32 Å². The number of hydrogen-bond donors (Lipinski definition) is 1. The maximum absolute atomic E-state index is 3.49. The lowest BCUT2D eigenvalue weighted by atomic mass is 10.0. The fraction of sp³-hybridized carbons (Fsp3) is 1.00. The summed E-state index contributed by atoms with van der Waals surface area (Å²) in [6, 6.07) is 0. The van der Waals surface area contributed by atoms with E-state index in [9.17, 15) is 0 Å². The Morgan fingerprint density at radius 1 is 1.00 bits per heavy atom. The molecule has 2 saturated carbocycles. The number of rotatable bonds is 0. The Morgan fingerprint density at radius 2 is 1.60 bits per heavy atom. The lowest BCUT2D eigenvalue weighted by molar-refractivity contribution is 0.476. The zero-order valence-corrected chi connectivity index (χ0v) is 6.40. The zero-order chi connectivity index (χ0) is 6.60. The third kappa shape index (κ3) is 0.619. The van der Waals surface area contributed by atoms with Gasteiger partial charge in [-0.1, -0.05) is 0 Å². The van der Waals surface area contributed by atoms with Crippen LogP contribution in [0.25, 0.3) is 0 Å². The fourth-order valence-electron chi connectivity index (χ4n) is 3.05. The van der Waals surface area contributed by atoms with E-state index >= 15 is 0 Å². The Bertz CT molecular complexity index is 146. The molecule has 0 radical (unpaired) electrons. The summed E-state index contributed by atoms with van der Waals surface area (Å²) in [5, 5.41) is 3.49. The molecule has 3 rings (SSSR count). The van der Waals surface area contributed by atoms with Crippen molar-refractivity contribution < 1.29 is 0 Å². The molecule has 10 heavy (non-hydrogen) atoms. The van der Waals surface area contributed by atoms with Crippen LogP contribution in [0.3, 0.4) is 0 Å². The van der Waals surface area contributed by atoms with Crippen LogP contribution in [0, 0.1) is 17.3 Å².